The Hall–Kier alpha value is -4.44. The minimum Gasteiger partial charge on any atom is -0.455 e. The molecule has 0 spiro atoms. The van der Waals surface area contributed by atoms with Gasteiger partial charge >= 0.3 is 0 Å². The topological polar surface area (TPSA) is 43.9 Å². The third kappa shape index (κ3) is 3.01. The Bertz CT molecular complexity index is 1920. The summed E-state index contributed by atoms with van der Waals surface area (Å²) in [6.07, 6.45) is 1.86. The molecule has 3 aromatic heterocycles. The zero-order valence-electron chi connectivity index (χ0n) is 20.5. The molecule has 0 amide bonds. The van der Waals surface area contributed by atoms with Gasteiger partial charge in [-0.1, -0.05) is 81.4 Å². The number of pyridine rings is 1. The third-order valence-corrected chi connectivity index (χ3v) is 7.00. The van der Waals surface area contributed by atoms with Gasteiger partial charge in [-0.2, -0.15) is 0 Å². The summed E-state index contributed by atoms with van der Waals surface area (Å²) in [6.45, 7) is 6.69. The molecule has 4 nitrogen and oxygen atoms in total. The molecular weight excluding hydrogens is 442 g/mol. The van der Waals surface area contributed by atoms with Gasteiger partial charge in [0.15, 0.2) is 11.5 Å². The van der Waals surface area contributed by atoms with Gasteiger partial charge in [0.05, 0.1) is 11.1 Å². The van der Waals surface area contributed by atoms with Gasteiger partial charge in [-0.3, -0.25) is 4.57 Å². The summed E-state index contributed by atoms with van der Waals surface area (Å²) < 4.78 is 8.90. The first-order chi connectivity index (χ1) is 17.5. The van der Waals surface area contributed by atoms with Crippen LogP contribution in [0.5, 0.6) is 0 Å². The number of fused-ring (bicyclic) bond motifs is 6. The summed E-state index contributed by atoms with van der Waals surface area (Å²) in [7, 11) is 0. The highest BCUT2D eigenvalue weighted by molar-refractivity contribution is 6.17. The fourth-order valence-corrected chi connectivity index (χ4v) is 5.32. The molecule has 0 saturated carbocycles. The van der Waals surface area contributed by atoms with Crippen molar-refractivity contribution in [3.05, 3.63) is 103 Å². The molecule has 174 valence electrons. The Kier molecular flexibility index (Phi) is 4.37. The van der Waals surface area contributed by atoms with E-state index in [1.165, 1.54) is 10.9 Å². The number of benzene rings is 4. The third-order valence-electron chi connectivity index (χ3n) is 7.00. The molecule has 0 N–H and O–H groups in total. The van der Waals surface area contributed by atoms with E-state index in [9.17, 15) is 0 Å². The normalized spacial score (nSPS) is 12.3. The van der Waals surface area contributed by atoms with E-state index in [1.807, 2.05) is 12.3 Å². The molecule has 0 aliphatic heterocycles. The summed E-state index contributed by atoms with van der Waals surface area (Å²) in [4.78, 5) is 9.80. The number of imidazole rings is 1. The van der Waals surface area contributed by atoms with Crippen LogP contribution in [0.1, 0.15) is 26.3 Å². The highest BCUT2D eigenvalue weighted by atomic mass is 16.3. The highest BCUT2D eigenvalue weighted by Gasteiger charge is 2.26. The first-order valence-electron chi connectivity index (χ1n) is 12.3. The fourth-order valence-electron chi connectivity index (χ4n) is 5.32. The Morgan fingerprint density at radius 1 is 0.694 bits per heavy atom. The predicted molar refractivity (Wildman–Crippen MR) is 148 cm³/mol. The lowest BCUT2D eigenvalue weighted by Gasteiger charge is -2.21. The average Bonchev–Trinajstić information content (AvgIpc) is 3.47. The van der Waals surface area contributed by atoms with Gasteiger partial charge in [-0.15, -0.1) is 0 Å². The molecule has 0 fully saturated rings. The summed E-state index contributed by atoms with van der Waals surface area (Å²) in [5.74, 6) is 0.828. The summed E-state index contributed by atoms with van der Waals surface area (Å²) in [6, 6.07) is 31.5. The molecular formula is C32H25N3O. The van der Waals surface area contributed by atoms with E-state index in [1.54, 1.807) is 0 Å². The molecule has 0 bridgehead atoms. The van der Waals surface area contributed by atoms with Crippen molar-refractivity contribution >= 4 is 43.9 Å². The van der Waals surface area contributed by atoms with E-state index in [-0.39, 0.29) is 5.41 Å². The van der Waals surface area contributed by atoms with Crippen molar-refractivity contribution in [3.8, 4) is 17.1 Å². The largest absolute Gasteiger partial charge is 0.455 e. The predicted octanol–water partition coefficient (Wildman–Crippen LogP) is 8.44. The molecule has 0 aliphatic carbocycles. The van der Waals surface area contributed by atoms with Crippen LogP contribution in [-0.4, -0.2) is 14.5 Å². The molecule has 7 aromatic rings. The van der Waals surface area contributed by atoms with Gasteiger partial charge < -0.3 is 4.42 Å². The molecule has 3 heterocycles. The Morgan fingerprint density at radius 3 is 2.28 bits per heavy atom. The number of rotatable bonds is 2. The smallest absolute Gasteiger partial charge is 0.178 e. The number of hydrogen-bond donors (Lipinski definition) is 0. The maximum atomic E-state index is 6.66. The monoisotopic (exact) mass is 467 g/mol. The van der Waals surface area contributed by atoms with Crippen molar-refractivity contribution in [2.24, 2.45) is 0 Å². The maximum absolute atomic E-state index is 6.66. The van der Waals surface area contributed by atoms with E-state index in [0.717, 1.165) is 55.6 Å². The van der Waals surface area contributed by atoms with E-state index >= 15 is 0 Å². The summed E-state index contributed by atoms with van der Waals surface area (Å²) in [5.41, 5.74) is 6.65. The molecule has 0 atom stereocenters. The van der Waals surface area contributed by atoms with Crippen LogP contribution in [0.2, 0.25) is 0 Å². The molecule has 36 heavy (non-hydrogen) atoms. The molecule has 0 aliphatic rings. The van der Waals surface area contributed by atoms with Crippen molar-refractivity contribution in [1.82, 2.24) is 14.5 Å². The second kappa shape index (κ2) is 7.53. The number of para-hydroxylation sites is 2. The fraction of sp³-hybridized carbons (Fsp3) is 0.125. The zero-order valence-corrected chi connectivity index (χ0v) is 20.5. The number of hydrogen-bond acceptors (Lipinski definition) is 3. The minimum atomic E-state index is -0.0741. The van der Waals surface area contributed by atoms with E-state index in [0.29, 0.717) is 0 Å². The van der Waals surface area contributed by atoms with Crippen LogP contribution in [0.15, 0.2) is 102 Å². The van der Waals surface area contributed by atoms with Crippen molar-refractivity contribution in [3.63, 3.8) is 0 Å². The van der Waals surface area contributed by atoms with E-state index < -0.39 is 0 Å². The summed E-state index contributed by atoms with van der Waals surface area (Å²) in [5, 5.41) is 4.48. The van der Waals surface area contributed by atoms with Gasteiger partial charge in [0, 0.05) is 28.0 Å². The maximum Gasteiger partial charge on any atom is 0.178 e. The van der Waals surface area contributed by atoms with Gasteiger partial charge in [0.2, 0.25) is 0 Å². The molecule has 4 aromatic carbocycles. The lowest BCUT2D eigenvalue weighted by Crippen LogP contribution is -2.13. The Balaban J connectivity index is 1.62. The van der Waals surface area contributed by atoms with Gasteiger partial charge in [-0.25, -0.2) is 9.97 Å². The quantitative estimate of drug-likeness (QED) is 0.256. The highest BCUT2D eigenvalue weighted by Crippen LogP contribution is 2.41. The van der Waals surface area contributed by atoms with Gasteiger partial charge in [-0.05, 0) is 46.7 Å². The van der Waals surface area contributed by atoms with Crippen LogP contribution in [0.25, 0.3) is 61.0 Å². The second-order valence-electron chi connectivity index (χ2n) is 10.3. The Labute approximate surface area is 208 Å². The molecule has 0 unspecified atom stereocenters. The lowest BCUT2D eigenvalue weighted by atomic mass is 9.87. The van der Waals surface area contributed by atoms with Crippen molar-refractivity contribution < 1.29 is 4.42 Å². The zero-order chi connectivity index (χ0) is 24.4. The minimum absolute atomic E-state index is 0.0741. The SMILES string of the molecule is CC(C)(C)c1ccnc2nc(-c3cccc4c3oc3c5ccccc5ccc43)n(-c3ccccc3)c12. The van der Waals surface area contributed by atoms with Crippen LogP contribution >= 0.6 is 0 Å². The summed E-state index contributed by atoms with van der Waals surface area (Å²) >= 11 is 0. The van der Waals surface area contributed by atoms with E-state index in [4.69, 9.17) is 9.40 Å². The van der Waals surface area contributed by atoms with Crippen LogP contribution in [-0.2, 0) is 5.41 Å². The van der Waals surface area contributed by atoms with Crippen molar-refractivity contribution in [2.75, 3.05) is 0 Å². The molecule has 7 rings (SSSR count). The van der Waals surface area contributed by atoms with Crippen molar-refractivity contribution in [1.29, 1.82) is 0 Å². The van der Waals surface area contributed by atoms with Crippen LogP contribution in [0.4, 0.5) is 0 Å². The second-order valence-corrected chi connectivity index (χ2v) is 10.3. The lowest BCUT2D eigenvalue weighted by molar-refractivity contribution is 0.593. The van der Waals surface area contributed by atoms with Crippen LogP contribution in [0, 0.1) is 0 Å². The molecule has 4 heteroatoms. The van der Waals surface area contributed by atoms with E-state index in [2.05, 4.69) is 115 Å². The first-order valence-corrected chi connectivity index (χ1v) is 12.3. The first kappa shape index (κ1) is 20.9. The average molecular weight is 468 g/mol. The number of furan rings is 1. The standard InChI is InChI=1S/C32H25N3O/c1-32(2,3)26-18-19-33-30-27(26)35(21-11-5-4-6-12-21)31(34-30)25-15-9-14-23-24-17-16-20-10-7-8-13-22(20)28(24)36-29(23)25/h4-19H,1-3H3. The molecule has 0 saturated heterocycles. The van der Waals surface area contributed by atoms with Crippen molar-refractivity contribution in [2.45, 2.75) is 26.2 Å². The van der Waals surface area contributed by atoms with Gasteiger partial charge in [0.25, 0.3) is 0 Å². The van der Waals surface area contributed by atoms with Crippen LogP contribution < -0.4 is 0 Å². The number of nitrogens with zero attached hydrogens (tertiary/aromatic N) is 3. The van der Waals surface area contributed by atoms with Crippen LogP contribution in [0.3, 0.4) is 0 Å². The number of aromatic nitrogens is 3. The van der Waals surface area contributed by atoms with Gasteiger partial charge in [0.1, 0.15) is 11.2 Å². The Morgan fingerprint density at radius 2 is 1.44 bits per heavy atom. The molecule has 0 radical (unpaired) electrons.